The molecule has 0 radical (unpaired) electrons. The largest absolute Gasteiger partial charge is 0.480 e. The van der Waals surface area contributed by atoms with E-state index in [1.54, 1.807) is 4.68 Å². The van der Waals surface area contributed by atoms with Gasteiger partial charge in [0.2, 0.25) is 0 Å². The maximum atomic E-state index is 11.1. The maximum Gasteiger partial charge on any atom is 0.323 e. The summed E-state index contributed by atoms with van der Waals surface area (Å²) in [7, 11) is 0. The first-order valence-corrected chi connectivity index (χ1v) is 5.63. The van der Waals surface area contributed by atoms with Crippen molar-refractivity contribution in [2.45, 2.75) is 26.1 Å². The summed E-state index contributed by atoms with van der Waals surface area (Å²) in [6.07, 6.45) is 1.50. The van der Waals surface area contributed by atoms with Crippen molar-refractivity contribution in [3.8, 4) is 0 Å². The minimum absolute atomic E-state index is 0.232. The second-order valence-electron chi connectivity index (χ2n) is 3.89. The van der Waals surface area contributed by atoms with Gasteiger partial charge in [0.05, 0.1) is 19.8 Å². The van der Waals surface area contributed by atoms with Crippen LogP contribution in [0.15, 0.2) is 6.33 Å². The van der Waals surface area contributed by atoms with Crippen LogP contribution < -0.4 is 0 Å². The minimum atomic E-state index is -0.854. The van der Waals surface area contributed by atoms with E-state index in [4.69, 9.17) is 9.84 Å². The molecule has 2 rings (SSSR count). The average Bonchev–Trinajstić information content (AvgIpc) is 2.77. The molecule has 1 aromatic rings. The number of carbonyl (C=O) groups is 1. The highest BCUT2D eigenvalue weighted by atomic mass is 16.5. The number of carboxylic acid groups (broad SMARTS) is 1. The van der Waals surface area contributed by atoms with Crippen molar-refractivity contribution in [1.29, 1.82) is 0 Å². The van der Waals surface area contributed by atoms with E-state index in [1.807, 2.05) is 11.8 Å². The fourth-order valence-electron chi connectivity index (χ4n) is 1.91. The Bertz CT molecular complexity index is 393. The van der Waals surface area contributed by atoms with Crippen LogP contribution in [0.3, 0.4) is 0 Å². The first-order chi connectivity index (χ1) is 8.22. The molecule has 0 saturated carbocycles. The van der Waals surface area contributed by atoms with Gasteiger partial charge in [-0.3, -0.25) is 9.69 Å². The van der Waals surface area contributed by atoms with Gasteiger partial charge in [-0.15, -0.1) is 0 Å². The molecular formula is C10H16N4O3. The van der Waals surface area contributed by atoms with Gasteiger partial charge in [0.25, 0.3) is 0 Å². The molecule has 1 aromatic heterocycles. The summed E-state index contributed by atoms with van der Waals surface area (Å²) < 4.78 is 6.96. The molecule has 2 heterocycles. The molecule has 1 fully saturated rings. The first kappa shape index (κ1) is 12.0. The van der Waals surface area contributed by atoms with Crippen LogP contribution in [-0.4, -0.2) is 56.5 Å². The Morgan fingerprint density at radius 3 is 3.24 bits per heavy atom. The number of rotatable bonds is 4. The second kappa shape index (κ2) is 5.24. The van der Waals surface area contributed by atoms with Gasteiger partial charge in [-0.25, -0.2) is 9.67 Å². The summed E-state index contributed by atoms with van der Waals surface area (Å²) in [5, 5.41) is 13.2. The summed E-state index contributed by atoms with van der Waals surface area (Å²) >= 11 is 0. The highest BCUT2D eigenvalue weighted by Crippen LogP contribution is 2.11. The minimum Gasteiger partial charge on any atom is -0.480 e. The number of aliphatic carboxylic acids is 1. The Morgan fingerprint density at radius 1 is 1.71 bits per heavy atom. The Balaban J connectivity index is 2.08. The molecule has 94 valence electrons. The van der Waals surface area contributed by atoms with Gasteiger partial charge in [-0.1, -0.05) is 0 Å². The fourth-order valence-corrected chi connectivity index (χ4v) is 1.91. The highest BCUT2D eigenvalue weighted by Gasteiger charge is 2.29. The molecular weight excluding hydrogens is 224 g/mol. The lowest BCUT2D eigenvalue weighted by Crippen LogP contribution is -2.49. The molecule has 1 aliphatic rings. The molecule has 1 N–H and O–H groups in total. The monoisotopic (exact) mass is 240 g/mol. The highest BCUT2D eigenvalue weighted by molar-refractivity contribution is 5.73. The topological polar surface area (TPSA) is 80.5 Å². The Kier molecular flexibility index (Phi) is 3.70. The van der Waals surface area contributed by atoms with E-state index in [2.05, 4.69) is 10.1 Å². The van der Waals surface area contributed by atoms with Crippen molar-refractivity contribution >= 4 is 5.97 Å². The van der Waals surface area contributed by atoms with Gasteiger partial charge in [-0.05, 0) is 6.92 Å². The molecule has 0 aromatic carbocycles. The van der Waals surface area contributed by atoms with Gasteiger partial charge < -0.3 is 9.84 Å². The van der Waals surface area contributed by atoms with Gasteiger partial charge >= 0.3 is 5.97 Å². The fraction of sp³-hybridized carbons (Fsp3) is 0.700. The van der Waals surface area contributed by atoms with Crippen LogP contribution in [0, 0.1) is 0 Å². The lowest BCUT2D eigenvalue weighted by atomic mass is 10.2. The molecule has 0 bridgehead atoms. The predicted molar refractivity (Wildman–Crippen MR) is 58.3 cm³/mol. The number of morpholine rings is 1. The van der Waals surface area contributed by atoms with Crippen molar-refractivity contribution < 1.29 is 14.6 Å². The lowest BCUT2D eigenvalue weighted by Gasteiger charge is -2.32. The van der Waals surface area contributed by atoms with Gasteiger partial charge in [0.1, 0.15) is 18.2 Å². The van der Waals surface area contributed by atoms with Crippen LogP contribution in [0.25, 0.3) is 0 Å². The zero-order valence-corrected chi connectivity index (χ0v) is 9.74. The zero-order chi connectivity index (χ0) is 12.3. The molecule has 1 atom stereocenters. The van der Waals surface area contributed by atoms with Gasteiger partial charge in [0, 0.05) is 13.1 Å². The molecule has 0 aliphatic carbocycles. The van der Waals surface area contributed by atoms with Crippen molar-refractivity contribution in [3.63, 3.8) is 0 Å². The number of aryl methyl sites for hydroxylation is 1. The number of ether oxygens (including phenoxy) is 1. The summed E-state index contributed by atoms with van der Waals surface area (Å²) in [6.45, 7) is 4.60. The third kappa shape index (κ3) is 2.62. The van der Waals surface area contributed by atoms with Crippen LogP contribution in [0.2, 0.25) is 0 Å². The number of carboxylic acids is 1. The van der Waals surface area contributed by atoms with E-state index >= 15 is 0 Å². The lowest BCUT2D eigenvalue weighted by molar-refractivity contribution is -0.150. The smallest absolute Gasteiger partial charge is 0.323 e. The van der Waals surface area contributed by atoms with Crippen LogP contribution in [-0.2, 0) is 22.6 Å². The van der Waals surface area contributed by atoms with Crippen molar-refractivity contribution in [1.82, 2.24) is 19.7 Å². The molecule has 1 unspecified atom stereocenters. The van der Waals surface area contributed by atoms with Gasteiger partial charge in [0.15, 0.2) is 0 Å². The molecule has 7 heteroatoms. The molecule has 0 amide bonds. The van der Waals surface area contributed by atoms with Crippen LogP contribution in [0.5, 0.6) is 0 Å². The van der Waals surface area contributed by atoms with Gasteiger partial charge in [-0.2, -0.15) is 5.10 Å². The number of hydrogen-bond donors (Lipinski definition) is 1. The molecule has 1 aliphatic heterocycles. The van der Waals surface area contributed by atoms with Crippen LogP contribution >= 0.6 is 0 Å². The quantitative estimate of drug-likeness (QED) is 0.770. The third-order valence-electron chi connectivity index (χ3n) is 2.86. The second-order valence-corrected chi connectivity index (χ2v) is 3.89. The predicted octanol–water partition coefficient (Wildman–Crippen LogP) is -0.417. The third-order valence-corrected chi connectivity index (χ3v) is 2.86. The summed E-state index contributed by atoms with van der Waals surface area (Å²) in [4.78, 5) is 17.1. The zero-order valence-electron chi connectivity index (χ0n) is 9.74. The van der Waals surface area contributed by atoms with E-state index in [1.165, 1.54) is 6.33 Å². The van der Waals surface area contributed by atoms with E-state index < -0.39 is 12.0 Å². The molecule has 0 spiro atoms. The first-order valence-electron chi connectivity index (χ1n) is 5.63. The van der Waals surface area contributed by atoms with Crippen molar-refractivity contribution in [2.75, 3.05) is 19.8 Å². The Morgan fingerprint density at radius 2 is 2.53 bits per heavy atom. The number of nitrogens with zero attached hydrogens (tertiary/aromatic N) is 4. The molecule has 1 saturated heterocycles. The van der Waals surface area contributed by atoms with Crippen LogP contribution in [0.1, 0.15) is 12.7 Å². The van der Waals surface area contributed by atoms with E-state index in [9.17, 15) is 4.79 Å². The molecule has 17 heavy (non-hydrogen) atoms. The van der Waals surface area contributed by atoms with E-state index in [0.717, 1.165) is 12.4 Å². The Hall–Kier alpha value is -1.47. The number of aromatic nitrogens is 3. The number of hydrogen-bond acceptors (Lipinski definition) is 5. The summed E-state index contributed by atoms with van der Waals surface area (Å²) in [5.41, 5.74) is 0. The average molecular weight is 240 g/mol. The van der Waals surface area contributed by atoms with Crippen LogP contribution in [0.4, 0.5) is 0 Å². The van der Waals surface area contributed by atoms with E-state index in [0.29, 0.717) is 19.7 Å². The van der Waals surface area contributed by atoms with Crippen molar-refractivity contribution in [2.24, 2.45) is 0 Å². The van der Waals surface area contributed by atoms with E-state index in [-0.39, 0.29) is 6.61 Å². The summed E-state index contributed by atoms with van der Waals surface area (Å²) in [5.74, 6) is -0.0621. The Labute approximate surface area is 99.0 Å². The normalized spacial score (nSPS) is 21.6. The maximum absolute atomic E-state index is 11.1. The SMILES string of the molecule is CCn1ncnc1CN1CCOCC1C(=O)O. The van der Waals surface area contributed by atoms with Crippen molar-refractivity contribution in [3.05, 3.63) is 12.2 Å². The summed E-state index contributed by atoms with van der Waals surface area (Å²) in [6, 6.07) is -0.592. The standard InChI is InChI=1S/C10H16N4O3/c1-2-14-9(11-7-12-14)5-13-3-4-17-6-8(13)10(15)16/h7-8H,2-6H2,1H3,(H,15,16). The molecule has 7 nitrogen and oxygen atoms in total.